The molecule has 2 heterocycles. The zero-order valence-corrected chi connectivity index (χ0v) is 14.2. The number of anilines is 1. The van der Waals surface area contributed by atoms with Gasteiger partial charge < -0.3 is 10.2 Å². The topological polar surface area (TPSA) is 31.4 Å². The number of likely N-dealkylation sites (N-methyl/N-ethyl adjacent to an activating group) is 1. The van der Waals surface area contributed by atoms with Gasteiger partial charge in [-0.2, -0.15) is 0 Å². The van der Waals surface area contributed by atoms with Gasteiger partial charge >= 0.3 is 0 Å². The molecule has 0 spiro atoms. The predicted octanol–water partition coefficient (Wildman–Crippen LogP) is 2.42. The van der Waals surface area contributed by atoms with E-state index < -0.39 is 0 Å². The molecule has 0 aromatic carbocycles. The maximum atomic E-state index is 4.62. The molecule has 0 aliphatic carbocycles. The standard InChI is InChI=1S/C15H28N4S/c1-11(2)6-16-7-14-8-17-15(20-14)19-9-12(3)18(5)13(4)10-19/h8,11-13,16H,6-7,9-10H2,1-5H3. The van der Waals surface area contributed by atoms with Crippen molar-refractivity contribution in [1.82, 2.24) is 15.2 Å². The Labute approximate surface area is 127 Å². The average Bonchev–Trinajstić information content (AvgIpc) is 2.83. The van der Waals surface area contributed by atoms with Crippen LogP contribution in [-0.2, 0) is 6.54 Å². The van der Waals surface area contributed by atoms with Gasteiger partial charge in [0.1, 0.15) is 0 Å². The van der Waals surface area contributed by atoms with Crippen LogP contribution in [0.2, 0.25) is 0 Å². The Morgan fingerprint density at radius 3 is 2.60 bits per heavy atom. The fraction of sp³-hybridized carbons (Fsp3) is 0.800. The Morgan fingerprint density at radius 2 is 2.00 bits per heavy atom. The highest BCUT2D eigenvalue weighted by molar-refractivity contribution is 7.15. The summed E-state index contributed by atoms with van der Waals surface area (Å²) in [6.07, 6.45) is 2.03. The first-order valence-corrected chi connectivity index (χ1v) is 8.41. The number of rotatable bonds is 5. The number of piperazine rings is 1. The second-order valence-electron chi connectivity index (χ2n) is 6.40. The van der Waals surface area contributed by atoms with E-state index in [1.54, 1.807) is 0 Å². The van der Waals surface area contributed by atoms with Crippen molar-refractivity contribution in [3.05, 3.63) is 11.1 Å². The van der Waals surface area contributed by atoms with Crippen LogP contribution in [0.15, 0.2) is 6.20 Å². The van der Waals surface area contributed by atoms with Gasteiger partial charge in [0, 0.05) is 42.8 Å². The molecule has 0 radical (unpaired) electrons. The third-order valence-electron chi connectivity index (χ3n) is 4.02. The van der Waals surface area contributed by atoms with Gasteiger partial charge in [-0.15, -0.1) is 11.3 Å². The van der Waals surface area contributed by atoms with Gasteiger partial charge in [-0.25, -0.2) is 4.98 Å². The van der Waals surface area contributed by atoms with Crippen LogP contribution in [0.25, 0.3) is 0 Å². The van der Waals surface area contributed by atoms with Crippen molar-refractivity contribution in [3.8, 4) is 0 Å². The number of hydrogen-bond donors (Lipinski definition) is 1. The number of hydrogen-bond acceptors (Lipinski definition) is 5. The molecule has 2 rings (SSSR count). The molecule has 114 valence electrons. The number of nitrogens with zero attached hydrogens (tertiary/aromatic N) is 3. The zero-order chi connectivity index (χ0) is 14.7. The molecule has 1 aromatic rings. The smallest absolute Gasteiger partial charge is 0.185 e. The fourth-order valence-corrected chi connectivity index (χ4v) is 3.47. The molecule has 1 aliphatic heterocycles. The summed E-state index contributed by atoms with van der Waals surface area (Å²) in [5.41, 5.74) is 0. The molecule has 0 saturated carbocycles. The van der Waals surface area contributed by atoms with E-state index in [9.17, 15) is 0 Å². The molecule has 20 heavy (non-hydrogen) atoms. The summed E-state index contributed by atoms with van der Waals surface area (Å²) >= 11 is 1.83. The first-order valence-electron chi connectivity index (χ1n) is 7.59. The van der Waals surface area contributed by atoms with Crippen LogP contribution in [0.3, 0.4) is 0 Å². The van der Waals surface area contributed by atoms with E-state index in [0.29, 0.717) is 18.0 Å². The zero-order valence-electron chi connectivity index (χ0n) is 13.4. The van der Waals surface area contributed by atoms with Gasteiger partial charge in [-0.3, -0.25) is 4.90 Å². The van der Waals surface area contributed by atoms with Crippen molar-refractivity contribution in [1.29, 1.82) is 0 Å². The molecule has 5 heteroatoms. The average molecular weight is 296 g/mol. The van der Waals surface area contributed by atoms with E-state index in [0.717, 1.165) is 26.2 Å². The lowest BCUT2D eigenvalue weighted by atomic mass is 10.1. The van der Waals surface area contributed by atoms with Crippen molar-refractivity contribution in [2.45, 2.75) is 46.3 Å². The summed E-state index contributed by atoms with van der Waals surface area (Å²) < 4.78 is 0. The lowest BCUT2D eigenvalue weighted by Gasteiger charge is -2.42. The second-order valence-corrected chi connectivity index (χ2v) is 7.50. The number of nitrogens with one attached hydrogen (secondary N) is 1. The van der Waals surface area contributed by atoms with Crippen LogP contribution in [0.5, 0.6) is 0 Å². The van der Waals surface area contributed by atoms with Gasteiger partial charge in [0.2, 0.25) is 0 Å². The van der Waals surface area contributed by atoms with E-state index in [1.807, 2.05) is 17.5 Å². The van der Waals surface area contributed by atoms with Gasteiger partial charge in [0.25, 0.3) is 0 Å². The minimum atomic E-state index is 0.588. The van der Waals surface area contributed by atoms with Crippen molar-refractivity contribution < 1.29 is 0 Å². The Balaban J connectivity index is 1.91. The molecule has 2 atom stereocenters. The SMILES string of the molecule is CC(C)CNCc1cnc(N2CC(C)N(C)C(C)C2)s1. The molecule has 1 aliphatic rings. The maximum Gasteiger partial charge on any atom is 0.185 e. The lowest BCUT2D eigenvalue weighted by molar-refractivity contribution is 0.170. The largest absolute Gasteiger partial charge is 0.345 e. The molecule has 1 aromatic heterocycles. The highest BCUT2D eigenvalue weighted by atomic mass is 32.1. The van der Waals surface area contributed by atoms with Gasteiger partial charge in [0.05, 0.1) is 0 Å². The van der Waals surface area contributed by atoms with Gasteiger partial charge in [-0.1, -0.05) is 13.8 Å². The molecule has 4 nitrogen and oxygen atoms in total. The van der Waals surface area contributed by atoms with Crippen LogP contribution >= 0.6 is 11.3 Å². The third kappa shape index (κ3) is 3.93. The van der Waals surface area contributed by atoms with E-state index in [-0.39, 0.29) is 0 Å². The highest BCUT2D eigenvalue weighted by Crippen LogP contribution is 2.26. The summed E-state index contributed by atoms with van der Waals surface area (Å²) in [5, 5.41) is 4.66. The Bertz CT molecular complexity index is 406. The number of thiazole rings is 1. The van der Waals surface area contributed by atoms with Crippen LogP contribution in [-0.4, -0.2) is 48.6 Å². The Hall–Kier alpha value is -0.650. The molecular weight excluding hydrogens is 268 g/mol. The lowest BCUT2D eigenvalue weighted by Crippen LogP contribution is -2.55. The van der Waals surface area contributed by atoms with Crippen molar-refractivity contribution in [2.75, 3.05) is 31.6 Å². The third-order valence-corrected chi connectivity index (χ3v) is 5.08. The van der Waals surface area contributed by atoms with E-state index in [2.05, 4.69) is 54.8 Å². The Kier molecular flexibility index (Phi) is 5.41. The van der Waals surface area contributed by atoms with Crippen molar-refractivity contribution in [3.63, 3.8) is 0 Å². The quantitative estimate of drug-likeness (QED) is 0.904. The van der Waals surface area contributed by atoms with E-state index in [1.165, 1.54) is 10.0 Å². The van der Waals surface area contributed by atoms with Crippen LogP contribution in [0.1, 0.15) is 32.6 Å². The van der Waals surface area contributed by atoms with Crippen molar-refractivity contribution in [2.24, 2.45) is 5.92 Å². The summed E-state index contributed by atoms with van der Waals surface area (Å²) in [6, 6.07) is 1.18. The summed E-state index contributed by atoms with van der Waals surface area (Å²) in [4.78, 5) is 10.8. The monoisotopic (exact) mass is 296 g/mol. The first-order chi connectivity index (χ1) is 9.47. The molecule has 1 N–H and O–H groups in total. The normalized spacial score (nSPS) is 24.6. The van der Waals surface area contributed by atoms with Gasteiger partial charge in [0.15, 0.2) is 5.13 Å². The minimum absolute atomic E-state index is 0.588. The molecule has 0 amide bonds. The molecule has 2 unspecified atom stereocenters. The minimum Gasteiger partial charge on any atom is -0.345 e. The second kappa shape index (κ2) is 6.87. The summed E-state index contributed by atoms with van der Waals surface area (Å²) in [7, 11) is 2.22. The first kappa shape index (κ1) is 15.7. The van der Waals surface area contributed by atoms with Crippen LogP contribution in [0.4, 0.5) is 5.13 Å². The molecule has 0 bridgehead atoms. The summed E-state index contributed by atoms with van der Waals surface area (Å²) in [5.74, 6) is 0.696. The van der Waals surface area contributed by atoms with Crippen LogP contribution < -0.4 is 10.2 Å². The molecular formula is C15H28N4S. The van der Waals surface area contributed by atoms with E-state index >= 15 is 0 Å². The maximum absolute atomic E-state index is 4.62. The Morgan fingerprint density at radius 1 is 1.35 bits per heavy atom. The van der Waals surface area contributed by atoms with Crippen LogP contribution in [0, 0.1) is 5.92 Å². The van der Waals surface area contributed by atoms with Crippen molar-refractivity contribution >= 4 is 16.5 Å². The fourth-order valence-electron chi connectivity index (χ4n) is 2.57. The predicted molar refractivity (Wildman–Crippen MR) is 87.6 cm³/mol. The van der Waals surface area contributed by atoms with E-state index in [4.69, 9.17) is 0 Å². The molecule has 1 saturated heterocycles. The van der Waals surface area contributed by atoms with Gasteiger partial charge in [-0.05, 0) is 33.4 Å². The number of aromatic nitrogens is 1. The summed E-state index contributed by atoms with van der Waals surface area (Å²) in [6.45, 7) is 13.2. The highest BCUT2D eigenvalue weighted by Gasteiger charge is 2.27. The molecule has 1 fully saturated rings.